The number of carbonyl (C=O) groups excluding carboxylic acids is 1. The number of anilines is 1. The second-order valence-electron chi connectivity index (χ2n) is 9.30. The zero-order chi connectivity index (χ0) is 26.0. The van der Waals surface area contributed by atoms with E-state index in [0.717, 1.165) is 24.0 Å². The highest BCUT2D eigenvalue weighted by Gasteiger charge is 2.26. The van der Waals surface area contributed by atoms with Gasteiger partial charge in [0.15, 0.2) is 16.9 Å². The van der Waals surface area contributed by atoms with E-state index in [2.05, 4.69) is 16.8 Å². The number of aromatic nitrogens is 4. The average Bonchev–Trinajstić information content (AvgIpc) is 3.23. The molecule has 2 aromatic heterocycles. The number of Topliss-reactive ketones (excluding diaryl/α,β-unsaturated/α-hetero) is 1. The van der Waals surface area contributed by atoms with Crippen molar-refractivity contribution in [3.63, 3.8) is 0 Å². The predicted molar refractivity (Wildman–Crippen MR) is 139 cm³/mol. The molecular weight excluding hydrogens is 460 g/mol. The molecular formula is C26H32N6O4. The van der Waals surface area contributed by atoms with Crippen molar-refractivity contribution >= 4 is 22.9 Å². The Morgan fingerprint density at radius 3 is 2.75 bits per heavy atom. The van der Waals surface area contributed by atoms with Crippen LogP contribution >= 0.6 is 0 Å². The Hall–Kier alpha value is -3.84. The first kappa shape index (κ1) is 25.3. The minimum atomic E-state index is -0.608. The van der Waals surface area contributed by atoms with Crippen molar-refractivity contribution in [1.29, 1.82) is 0 Å². The summed E-state index contributed by atoms with van der Waals surface area (Å²) < 4.78 is 9.68. The summed E-state index contributed by atoms with van der Waals surface area (Å²) in [5, 5.41) is 0. The Balaban J connectivity index is 1.81. The van der Waals surface area contributed by atoms with Crippen LogP contribution in [0.2, 0.25) is 0 Å². The van der Waals surface area contributed by atoms with E-state index in [9.17, 15) is 14.4 Å². The van der Waals surface area contributed by atoms with Gasteiger partial charge in [0, 0.05) is 31.7 Å². The number of rotatable bonds is 7. The number of benzene rings is 1. The molecule has 1 aliphatic rings. The Bertz CT molecular complexity index is 1470. The van der Waals surface area contributed by atoms with E-state index >= 15 is 0 Å². The van der Waals surface area contributed by atoms with Crippen molar-refractivity contribution in [2.45, 2.75) is 58.8 Å². The van der Waals surface area contributed by atoms with Gasteiger partial charge in [-0.2, -0.15) is 4.98 Å². The molecule has 3 heterocycles. The molecule has 0 radical (unpaired) electrons. The van der Waals surface area contributed by atoms with Crippen LogP contribution in [0.25, 0.3) is 11.2 Å². The molecule has 10 heteroatoms. The molecule has 0 amide bonds. The number of ketones is 1. The van der Waals surface area contributed by atoms with Crippen LogP contribution in [0, 0.1) is 11.8 Å². The van der Waals surface area contributed by atoms with Gasteiger partial charge in [-0.3, -0.25) is 23.3 Å². The number of imidazole rings is 1. The molecule has 3 aromatic rings. The highest BCUT2D eigenvalue weighted by molar-refractivity contribution is 5.96. The monoisotopic (exact) mass is 492 g/mol. The van der Waals surface area contributed by atoms with Gasteiger partial charge in [0.25, 0.3) is 5.56 Å². The lowest BCUT2D eigenvalue weighted by Gasteiger charge is -2.31. The fraction of sp³-hybridized carbons (Fsp3) is 0.462. The van der Waals surface area contributed by atoms with Crippen molar-refractivity contribution in [2.75, 3.05) is 18.0 Å². The van der Waals surface area contributed by atoms with Crippen molar-refractivity contribution in [3.8, 4) is 17.6 Å². The van der Waals surface area contributed by atoms with Gasteiger partial charge in [-0.05, 0) is 45.7 Å². The van der Waals surface area contributed by atoms with Crippen molar-refractivity contribution in [3.05, 3.63) is 50.7 Å². The highest BCUT2D eigenvalue weighted by atomic mass is 16.5. The standard InChI is InChI=1S/C26H32N6O4/c1-5-6-13-31-22-23(28-25(31)30-12-8-10-19(27)15-30)29(4)26(35)32(24(22)34)16-21(33)18-9-7-11-20(14-18)36-17(2)3/h7,9,11,14,17,19H,8,10,12-13,15-16,27H2,1-4H3/t19-/m1/s1. The quantitative estimate of drug-likeness (QED) is 0.392. The predicted octanol–water partition coefficient (Wildman–Crippen LogP) is 1.52. The molecule has 1 aliphatic heterocycles. The van der Waals surface area contributed by atoms with E-state index in [4.69, 9.17) is 10.5 Å². The summed E-state index contributed by atoms with van der Waals surface area (Å²) >= 11 is 0. The minimum Gasteiger partial charge on any atom is -0.491 e. The first-order chi connectivity index (χ1) is 17.2. The number of ether oxygens (including phenoxy) is 1. The molecule has 36 heavy (non-hydrogen) atoms. The molecule has 0 saturated carbocycles. The number of hydrogen-bond acceptors (Lipinski definition) is 7. The molecule has 1 saturated heterocycles. The number of aryl methyl sites for hydroxylation is 1. The van der Waals surface area contributed by atoms with Gasteiger partial charge in [-0.1, -0.05) is 18.1 Å². The fourth-order valence-electron chi connectivity index (χ4n) is 4.49. The van der Waals surface area contributed by atoms with Gasteiger partial charge in [0.1, 0.15) is 5.75 Å². The van der Waals surface area contributed by atoms with Gasteiger partial charge in [-0.25, -0.2) is 4.79 Å². The molecule has 0 bridgehead atoms. The number of piperidine rings is 1. The van der Waals surface area contributed by atoms with Crippen molar-refractivity contribution in [1.82, 2.24) is 18.7 Å². The number of carbonyl (C=O) groups is 1. The van der Waals surface area contributed by atoms with Gasteiger partial charge >= 0.3 is 5.69 Å². The molecule has 190 valence electrons. The van der Waals surface area contributed by atoms with Crippen LogP contribution in [-0.2, 0) is 20.1 Å². The summed E-state index contributed by atoms with van der Waals surface area (Å²) in [6.07, 6.45) is 1.77. The molecule has 1 fully saturated rings. The largest absolute Gasteiger partial charge is 0.491 e. The van der Waals surface area contributed by atoms with Gasteiger partial charge in [0.05, 0.1) is 19.2 Å². The lowest BCUT2D eigenvalue weighted by Crippen LogP contribution is -2.44. The van der Waals surface area contributed by atoms with E-state index in [1.54, 1.807) is 42.8 Å². The lowest BCUT2D eigenvalue weighted by atomic mass is 10.1. The number of nitrogens with two attached hydrogens (primary N) is 1. The average molecular weight is 493 g/mol. The molecule has 1 aromatic carbocycles. The topological polar surface area (TPSA) is 117 Å². The molecule has 1 atom stereocenters. The van der Waals surface area contributed by atoms with E-state index in [1.807, 2.05) is 18.7 Å². The summed E-state index contributed by atoms with van der Waals surface area (Å²) in [7, 11) is 1.55. The third kappa shape index (κ3) is 4.93. The highest BCUT2D eigenvalue weighted by Crippen LogP contribution is 2.23. The maximum absolute atomic E-state index is 13.6. The number of nitrogens with zero attached hydrogens (tertiary/aromatic N) is 5. The Morgan fingerprint density at radius 1 is 1.28 bits per heavy atom. The maximum atomic E-state index is 13.6. The maximum Gasteiger partial charge on any atom is 0.332 e. The van der Waals surface area contributed by atoms with Crippen molar-refractivity contribution in [2.24, 2.45) is 12.8 Å². The van der Waals surface area contributed by atoms with E-state index < -0.39 is 17.8 Å². The van der Waals surface area contributed by atoms with Gasteiger partial charge < -0.3 is 15.4 Å². The van der Waals surface area contributed by atoms with E-state index in [-0.39, 0.29) is 35.6 Å². The Morgan fingerprint density at radius 2 is 2.06 bits per heavy atom. The third-order valence-corrected chi connectivity index (χ3v) is 6.20. The molecule has 0 unspecified atom stereocenters. The normalized spacial score (nSPS) is 15.7. The van der Waals surface area contributed by atoms with E-state index in [0.29, 0.717) is 23.8 Å². The third-order valence-electron chi connectivity index (χ3n) is 6.20. The Kier molecular flexibility index (Phi) is 7.31. The van der Waals surface area contributed by atoms with Crippen LogP contribution in [0.3, 0.4) is 0 Å². The van der Waals surface area contributed by atoms with Gasteiger partial charge in [0.2, 0.25) is 5.95 Å². The first-order valence-corrected chi connectivity index (χ1v) is 12.1. The van der Waals surface area contributed by atoms with Gasteiger partial charge in [-0.15, -0.1) is 5.92 Å². The number of fused-ring (bicyclic) bond motifs is 1. The summed E-state index contributed by atoms with van der Waals surface area (Å²) in [6, 6.07) is 6.73. The van der Waals surface area contributed by atoms with Crippen LogP contribution in [0.5, 0.6) is 5.75 Å². The zero-order valence-electron chi connectivity index (χ0n) is 21.2. The first-order valence-electron chi connectivity index (χ1n) is 12.1. The summed E-state index contributed by atoms with van der Waals surface area (Å²) in [5.74, 6) is 6.59. The molecule has 2 N–H and O–H groups in total. The molecule has 0 aliphatic carbocycles. The molecule has 4 rings (SSSR count). The Labute approximate surface area is 209 Å². The SMILES string of the molecule is CC#CCn1c(N2CCC[C@@H](N)C2)nc2c1c(=O)n(CC(=O)c1cccc(OC(C)C)c1)c(=O)n2C. The molecule has 0 spiro atoms. The van der Waals surface area contributed by atoms with Crippen molar-refractivity contribution < 1.29 is 9.53 Å². The lowest BCUT2D eigenvalue weighted by molar-refractivity contribution is 0.0968. The molecule has 10 nitrogen and oxygen atoms in total. The summed E-state index contributed by atoms with van der Waals surface area (Å²) in [4.78, 5) is 46.7. The fourth-order valence-corrected chi connectivity index (χ4v) is 4.49. The van der Waals surface area contributed by atoms with Crippen LogP contribution in [-0.4, -0.2) is 49.7 Å². The second-order valence-corrected chi connectivity index (χ2v) is 9.30. The van der Waals surface area contributed by atoms with Crippen LogP contribution in [0.4, 0.5) is 5.95 Å². The van der Waals surface area contributed by atoms with Crippen LogP contribution in [0.1, 0.15) is 44.0 Å². The summed E-state index contributed by atoms with van der Waals surface area (Å²) in [6.45, 7) is 6.67. The smallest absolute Gasteiger partial charge is 0.332 e. The number of hydrogen-bond donors (Lipinski definition) is 1. The summed E-state index contributed by atoms with van der Waals surface area (Å²) in [5.41, 5.74) is 5.85. The van der Waals surface area contributed by atoms with Crippen LogP contribution in [0.15, 0.2) is 33.9 Å². The minimum absolute atomic E-state index is 0.00203. The second kappa shape index (κ2) is 10.4. The zero-order valence-corrected chi connectivity index (χ0v) is 21.2. The van der Waals surface area contributed by atoms with E-state index in [1.165, 1.54) is 4.57 Å². The van der Waals surface area contributed by atoms with Crippen LogP contribution < -0.4 is 26.6 Å².